The van der Waals surface area contributed by atoms with E-state index in [9.17, 15) is 0 Å². The minimum atomic E-state index is -0.0922. The minimum absolute atomic E-state index is 0.0922. The second-order valence-corrected chi connectivity index (χ2v) is 8.88. The van der Waals surface area contributed by atoms with Gasteiger partial charge in [0.05, 0.1) is 23.7 Å². The third kappa shape index (κ3) is 3.39. The lowest BCUT2D eigenvalue weighted by atomic mass is 9.90. The first kappa shape index (κ1) is 17.5. The summed E-state index contributed by atoms with van der Waals surface area (Å²) in [5.74, 6) is 0.961. The summed E-state index contributed by atoms with van der Waals surface area (Å²) in [6, 6.07) is 0. The molecule has 2 aromatic rings. The molecule has 1 fully saturated rings. The average Bonchev–Trinajstić information content (AvgIpc) is 3.26. The van der Waals surface area contributed by atoms with Crippen LogP contribution in [-0.2, 0) is 22.5 Å². The summed E-state index contributed by atoms with van der Waals surface area (Å²) in [5.41, 5.74) is 1.28. The van der Waals surface area contributed by atoms with E-state index in [1.165, 1.54) is 15.8 Å². The molecule has 0 spiro atoms. The van der Waals surface area contributed by atoms with Crippen molar-refractivity contribution in [1.29, 1.82) is 0 Å². The van der Waals surface area contributed by atoms with E-state index in [4.69, 9.17) is 19.4 Å². The summed E-state index contributed by atoms with van der Waals surface area (Å²) >= 11 is 3.34. The van der Waals surface area contributed by atoms with Crippen molar-refractivity contribution in [3.8, 4) is 0 Å². The Bertz CT molecular complexity index is 773. The van der Waals surface area contributed by atoms with Gasteiger partial charge in [-0.05, 0) is 38.0 Å². The third-order valence-corrected chi connectivity index (χ3v) is 6.91. The van der Waals surface area contributed by atoms with Crippen LogP contribution in [0.5, 0.6) is 0 Å². The van der Waals surface area contributed by atoms with Gasteiger partial charge in [-0.2, -0.15) is 0 Å². The lowest BCUT2D eigenvalue weighted by Gasteiger charge is -2.33. The number of aromatic nitrogens is 2. The molecule has 5 nitrogen and oxygen atoms in total. The Labute approximate surface area is 156 Å². The smallest absolute Gasteiger partial charge is 0.190 e. The number of nitrogens with zero attached hydrogens (tertiary/aromatic N) is 2. The Balaban J connectivity index is 1.73. The molecule has 2 aliphatic heterocycles. The fourth-order valence-electron chi connectivity index (χ4n) is 3.51. The van der Waals surface area contributed by atoms with Gasteiger partial charge in [0.15, 0.2) is 5.16 Å². The van der Waals surface area contributed by atoms with E-state index in [1.54, 1.807) is 23.1 Å². The van der Waals surface area contributed by atoms with Crippen molar-refractivity contribution in [2.45, 2.75) is 63.0 Å². The molecule has 7 heteroatoms. The largest absolute Gasteiger partial charge is 0.376 e. The van der Waals surface area contributed by atoms with E-state index in [-0.39, 0.29) is 5.60 Å². The van der Waals surface area contributed by atoms with E-state index in [1.807, 2.05) is 6.26 Å². The highest BCUT2D eigenvalue weighted by Crippen LogP contribution is 2.42. The normalized spacial score (nSPS) is 26.1. The number of hydrogen-bond donors (Lipinski definition) is 1. The molecule has 0 bridgehead atoms. The molecule has 0 radical (unpaired) electrons. The zero-order chi connectivity index (χ0) is 17.4. The maximum Gasteiger partial charge on any atom is 0.190 e. The third-order valence-electron chi connectivity index (χ3n) is 5.27. The highest BCUT2D eigenvalue weighted by Gasteiger charge is 2.33. The Hall–Kier alpha value is -0.890. The molecule has 0 aromatic carbocycles. The van der Waals surface area contributed by atoms with Crippen LogP contribution in [0.1, 0.15) is 43.6 Å². The highest BCUT2D eigenvalue weighted by atomic mass is 32.2. The molecule has 0 aliphatic carbocycles. The summed E-state index contributed by atoms with van der Waals surface area (Å²) in [7, 11) is 0. The van der Waals surface area contributed by atoms with Crippen LogP contribution >= 0.6 is 23.1 Å². The van der Waals surface area contributed by atoms with E-state index < -0.39 is 0 Å². The number of ether oxygens (including phenoxy) is 2. The van der Waals surface area contributed by atoms with Crippen molar-refractivity contribution in [3.63, 3.8) is 0 Å². The zero-order valence-electron chi connectivity index (χ0n) is 15.1. The van der Waals surface area contributed by atoms with Crippen molar-refractivity contribution < 1.29 is 9.47 Å². The van der Waals surface area contributed by atoms with Crippen molar-refractivity contribution in [2.75, 3.05) is 24.7 Å². The predicted molar refractivity (Wildman–Crippen MR) is 104 cm³/mol. The van der Waals surface area contributed by atoms with Crippen LogP contribution in [0.25, 0.3) is 10.2 Å². The van der Waals surface area contributed by atoms with Gasteiger partial charge in [-0.1, -0.05) is 18.7 Å². The van der Waals surface area contributed by atoms with Crippen LogP contribution in [0.4, 0.5) is 5.82 Å². The van der Waals surface area contributed by atoms with E-state index >= 15 is 0 Å². The molecule has 0 amide bonds. The Morgan fingerprint density at radius 3 is 3.00 bits per heavy atom. The van der Waals surface area contributed by atoms with Crippen LogP contribution in [0.3, 0.4) is 0 Å². The number of anilines is 1. The van der Waals surface area contributed by atoms with Crippen molar-refractivity contribution >= 4 is 39.1 Å². The summed E-state index contributed by atoms with van der Waals surface area (Å²) in [6.45, 7) is 6.77. The summed E-state index contributed by atoms with van der Waals surface area (Å²) in [4.78, 5) is 11.9. The van der Waals surface area contributed by atoms with Gasteiger partial charge in [-0.25, -0.2) is 9.97 Å². The van der Waals surface area contributed by atoms with Gasteiger partial charge < -0.3 is 14.8 Å². The topological polar surface area (TPSA) is 56.3 Å². The fraction of sp³-hybridized carbons (Fsp3) is 0.667. The molecule has 1 N–H and O–H groups in total. The predicted octanol–water partition coefficient (Wildman–Crippen LogP) is 4.25. The average molecular weight is 380 g/mol. The second-order valence-electron chi connectivity index (χ2n) is 7.03. The van der Waals surface area contributed by atoms with E-state index in [0.29, 0.717) is 12.7 Å². The number of hydrogen-bond acceptors (Lipinski definition) is 7. The number of fused-ring (bicyclic) bond motifs is 3. The summed E-state index contributed by atoms with van der Waals surface area (Å²) in [6.07, 6.45) is 6.53. The molecule has 2 aliphatic rings. The van der Waals surface area contributed by atoms with E-state index in [2.05, 4.69) is 19.2 Å². The van der Waals surface area contributed by atoms with Gasteiger partial charge >= 0.3 is 0 Å². The first-order valence-electron chi connectivity index (χ1n) is 8.97. The molecular weight excluding hydrogens is 354 g/mol. The second kappa shape index (κ2) is 7.02. The minimum Gasteiger partial charge on any atom is -0.376 e. The molecule has 2 aromatic heterocycles. The number of thioether (sulfide) groups is 1. The first-order chi connectivity index (χ1) is 12.1. The molecule has 0 saturated carbocycles. The van der Waals surface area contributed by atoms with Crippen LogP contribution in [0.15, 0.2) is 5.16 Å². The summed E-state index contributed by atoms with van der Waals surface area (Å²) < 4.78 is 11.9. The summed E-state index contributed by atoms with van der Waals surface area (Å²) in [5, 5.41) is 5.58. The Morgan fingerprint density at radius 2 is 2.28 bits per heavy atom. The van der Waals surface area contributed by atoms with Gasteiger partial charge in [0.25, 0.3) is 0 Å². The number of thiophene rings is 1. The Morgan fingerprint density at radius 1 is 1.40 bits per heavy atom. The fourth-order valence-corrected chi connectivity index (χ4v) is 5.04. The van der Waals surface area contributed by atoms with Crippen LogP contribution in [0.2, 0.25) is 0 Å². The van der Waals surface area contributed by atoms with Crippen LogP contribution in [-0.4, -0.2) is 41.1 Å². The zero-order valence-corrected chi connectivity index (χ0v) is 16.7. The maximum atomic E-state index is 6.12. The molecule has 136 valence electrons. The Kier molecular flexibility index (Phi) is 4.92. The van der Waals surface area contributed by atoms with Crippen molar-refractivity contribution in [3.05, 3.63) is 10.4 Å². The highest BCUT2D eigenvalue weighted by molar-refractivity contribution is 7.98. The molecule has 4 rings (SSSR count). The lowest BCUT2D eigenvalue weighted by molar-refractivity contribution is -0.0542. The van der Waals surface area contributed by atoms with Gasteiger partial charge in [-0.3, -0.25) is 0 Å². The van der Waals surface area contributed by atoms with E-state index in [0.717, 1.165) is 54.6 Å². The SMILES string of the molecule is CC[C@@]1(C)Cc2c(sc3nc(SC)nc(NC[C@H]4CCCO4)c23)CO1. The van der Waals surface area contributed by atoms with Gasteiger partial charge in [0, 0.05) is 24.4 Å². The van der Waals surface area contributed by atoms with Crippen molar-refractivity contribution in [1.82, 2.24) is 9.97 Å². The monoisotopic (exact) mass is 379 g/mol. The standard InChI is InChI=1S/C18H25N3O2S2/c1-4-18(2)8-12-13(10-23-18)25-16-14(12)15(20-17(21-16)24-3)19-9-11-6-5-7-22-11/h11H,4-10H2,1-3H3,(H,19,20,21)/t11-,18+/m1/s1. The molecule has 2 atom stereocenters. The molecule has 4 heterocycles. The number of rotatable bonds is 5. The van der Waals surface area contributed by atoms with Crippen LogP contribution < -0.4 is 5.32 Å². The molecule has 0 unspecified atom stereocenters. The first-order valence-corrected chi connectivity index (χ1v) is 11.0. The molecular formula is C18H25N3O2S2. The van der Waals surface area contributed by atoms with Gasteiger partial charge in [0.1, 0.15) is 10.6 Å². The molecule has 25 heavy (non-hydrogen) atoms. The van der Waals surface area contributed by atoms with Crippen LogP contribution in [0, 0.1) is 0 Å². The molecule has 1 saturated heterocycles. The maximum absolute atomic E-state index is 6.12. The lowest BCUT2D eigenvalue weighted by Crippen LogP contribution is -2.34. The van der Waals surface area contributed by atoms with Gasteiger partial charge in [0.2, 0.25) is 0 Å². The van der Waals surface area contributed by atoms with Gasteiger partial charge in [-0.15, -0.1) is 11.3 Å². The quantitative estimate of drug-likeness (QED) is 0.619. The number of nitrogens with one attached hydrogen (secondary N) is 1. The van der Waals surface area contributed by atoms with Crippen molar-refractivity contribution in [2.24, 2.45) is 0 Å².